The topological polar surface area (TPSA) is 54.0 Å². The molecule has 2 heterocycles. The lowest BCUT2D eigenvalue weighted by atomic mass is 9.81. The van der Waals surface area contributed by atoms with E-state index in [1.807, 2.05) is 4.40 Å². The second kappa shape index (κ2) is 3.06. The van der Waals surface area contributed by atoms with E-state index in [2.05, 4.69) is 16.0 Å². The first-order valence-electron chi connectivity index (χ1n) is 5.11. The van der Waals surface area contributed by atoms with E-state index < -0.39 is 0 Å². The van der Waals surface area contributed by atoms with E-state index in [1.54, 1.807) is 18.7 Å². The molecule has 2 aromatic rings. The Bertz CT molecular complexity index is 545. The molecule has 2 aromatic heterocycles. The number of aromatic nitrogens is 3. The number of hydrogen-bond donors (Lipinski definition) is 0. The molecule has 0 aromatic carbocycles. The maximum atomic E-state index is 9.06. The first-order valence-corrected chi connectivity index (χ1v) is 5.11. The Labute approximate surface area is 87.2 Å². The van der Waals surface area contributed by atoms with Crippen LogP contribution in [0.4, 0.5) is 0 Å². The number of nitriles is 1. The highest BCUT2D eigenvalue weighted by molar-refractivity contribution is 5.45. The SMILES string of the molecule is N#Cc1cnc2cncn2c1C1CCC1. The van der Waals surface area contributed by atoms with E-state index in [0.717, 1.165) is 11.3 Å². The molecule has 4 nitrogen and oxygen atoms in total. The van der Waals surface area contributed by atoms with Gasteiger partial charge in [0.15, 0.2) is 5.65 Å². The van der Waals surface area contributed by atoms with E-state index in [9.17, 15) is 0 Å². The van der Waals surface area contributed by atoms with Gasteiger partial charge >= 0.3 is 0 Å². The Hall–Kier alpha value is -1.89. The molecule has 3 rings (SSSR count). The summed E-state index contributed by atoms with van der Waals surface area (Å²) in [5.41, 5.74) is 2.60. The van der Waals surface area contributed by atoms with Gasteiger partial charge in [-0.1, -0.05) is 6.42 Å². The predicted octanol–water partition coefficient (Wildman–Crippen LogP) is 1.87. The van der Waals surface area contributed by atoms with Crippen LogP contribution in [-0.2, 0) is 0 Å². The molecule has 74 valence electrons. The van der Waals surface area contributed by atoms with E-state index in [1.165, 1.54) is 19.3 Å². The smallest absolute Gasteiger partial charge is 0.156 e. The van der Waals surface area contributed by atoms with E-state index in [0.29, 0.717) is 11.5 Å². The standard InChI is InChI=1S/C11H10N4/c12-4-9-5-14-10-6-13-7-15(10)11(9)8-2-1-3-8/h5-8H,1-3H2. The van der Waals surface area contributed by atoms with Gasteiger partial charge in [0.05, 0.1) is 11.8 Å². The van der Waals surface area contributed by atoms with Crippen LogP contribution in [0.5, 0.6) is 0 Å². The molecule has 15 heavy (non-hydrogen) atoms. The van der Waals surface area contributed by atoms with Gasteiger partial charge in [0.25, 0.3) is 0 Å². The molecule has 0 spiro atoms. The van der Waals surface area contributed by atoms with Gasteiger partial charge in [0, 0.05) is 17.8 Å². The molecule has 0 atom stereocenters. The highest BCUT2D eigenvalue weighted by Crippen LogP contribution is 2.37. The van der Waals surface area contributed by atoms with Crippen molar-refractivity contribution < 1.29 is 0 Å². The van der Waals surface area contributed by atoms with Gasteiger partial charge in [0.1, 0.15) is 12.4 Å². The van der Waals surface area contributed by atoms with Gasteiger partial charge in [-0.15, -0.1) is 0 Å². The summed E-state index contributed by atoms with van der Waals surface area (Å²) >= 11 is 0. The summed E-state index contributed by atoms with van der Waals surface area (Å²) < 4.78 is 1.95. The molecule has 0 saturated heterocycles. The van der Waals surface area contributed by atoms with Crippen molar-refractivity contribution in [1.29, 1.82) is 5.26 Å². The van der Waals surface area contributed by atoms with Crippen LogP contribution in [0, 0.1) is 11.3 Å². The molecule has 1 saturated carbocycles. The Morgan fingerprint density at radius 2 is 2.27 bits per heavy atom. The van der Waals surface area contributed by atoms with Crippen LogP contribution in [-0.4, -0.2) is 14.4 Å². The number of imidazole rings is 1. The van der Waals surface area contributed by atoms with Gasteiger partial charge in [0.2, 0.25) is 0 Å². The van der Waals surface area contributed by atoms with Crippen LogP contribution in [0.1, 0.15) is 36.4 Å². The minimum Gasteiger partial charge on any atom is -0.286 e. The summed E-state index contributed by atoms with van der Waals surface area (Å²) in [6.07, 6.45) is 8.73. The first kappa shape index (κ1) is 8.42. The molecule has 0 N–H and O–H groups in total. The maximum Gasteiger partial charge on any atom is 0.156 e. The highest BCUT2D eigenvalue weighted by Gasteiger charge is 2.25. The molecular formula is C11H10N4. The molecule has 0 bridgehead atoms. The number of hydrogen-bond acceptors (Lipinski definition) is 3. The lowest BCUT2D eigenvalue weighted by Gasteiger charge is -2.26. The maximum absolute atomic E-state index is 9.06. The molecule has 0 radical (unpaired) electrons. The third-order valence-corrected chi connectivity index (χ3v) is 3.09. The third kappa shape index (κ3) is 1.13. The summed E-state index contributed by atoms with van der Waals surface area (Å²) in [6.45, 7) is 0. The van der Waals surface area contributed by atoms with Crippen LogP contribution in [0.2, 0.25) is 0 Å². The van der Waals surface area contributed by atoms with Gasteiger partial charge in [-0.2, -0.15) is 5.26 Å². The zero-order valence-corrected chi connectivity index (χ0v) is 8.22. The monoisotopic (exact) mass is 198 g/mol. The minimum absolute atomic E-state index is 0.513. The molecule has 1 fully saturated rings. The molecule has 1 aliphatic rings. The van der Waals surface area contributed by atoms with E-state index in [-0.39, 0.29) is 0 Å². The number of rotatable bonds is 1. The minimum atomic E-state index is 0.513. The van der Waals surface area contributed by atoms with Crippen LogP contribution >= 0.6 is 0 Å². The van der Waals surface area contributed by atoms with Crippen molar-refractivity contribution in [2.75, 3.05) is 0 Å². The lowest BCUT2D eigenvalue weighted by Crippen LogP contribution is -2.15. The molecule has 0 aliphatic heterocycles. The molecule has 1 aliphatic carbocycles. The van der Waals surface area contributed by atoms with Crippen LogP contribution in [0.3, 0.4) is 0 Å². The Balaban J connectivity index is 2.29. The van der Waals surface area contributed by atoms with Crippen molar-refractivity contribution >= 4 is 5.65 Å². The van der Waals surface area contributed by atoms with Gasteiger partial charge in [-0.25, -0.2) is 9.97 Å². The summed E-state index contributed by atoms with van der Waals surface area (Å²) in [4.78, 5) is 8.26. The fourth-order valence-electron chi connectivity index (χ4n) is 2.08. The van der Waals surface area contributed by atoms with Gasteiger partial charge in [-0.3, -0.25) is 4.40 Å². The molecular weight excluding hydrogens is 188 g/mol. The van der Waals surface area contributed by atoms with Gasteiger partial charge in [-0.05, 0) is 12.8 Å². The summed E-state index contributed by atoms with van der Waals surface area (Å²) in [5.74, 6) is 0.513. The zero-order chi connectivity index (χ0) is 10.3. The van der Waals surface area contributed by atoms with E-state index >= 15 is 0 Å². The van der Waals surface area contributed by atoms with Crippen LogP contribution in [0.15, 0.2) is 18.7 Å². The third-order valence-electron chi connectivity index (χ3n) is 3.09. The van der Waals surface area contributed by atoms with Crippen molar-refractivity contribution in [3.05, 3.63) is 30.0 Å². The summed E-state index contributed by atoms with van der Waals surface area (Å²) in [7, 11) is 0. The second-order valence-corrected chi connectivity index (χ2v) is 3.92. The van der Waals surface area contributed by atoms with E-state index in [4.69, 9.17) is 5.26 Å². The lowest BCUT2D eigenvalue weighted by molar-refractivity contribution is 0.407. The highest BCUT2D eigenvalue weighted by atomic mass is 15.1. The predicted molar refractivity (Wildman–Crippen MR) is 54.3 cm³/mol. The Morgan fingerprint density at radius 1 is 1.40 bits per heavy atom. The van der Waals surface area contributed by atoms with Crippen molar-refractivity contribution in [2.24, 2.45) is 0 Å². The fourth-order valence-corrected chi connectivity index (χ4v) is 2.08. The Kier molecular flexibility index (Phi) is 1.72. The molecule has 4 heteroatoms. The second-order valence-electron chi connectivity index (χ2n) is 3.92. The average Bonchev–Trinajstić information content (AvgIpc) is 2.63. The largest absolute Gasteiger partial charge is 0.286 e. The number of nitrogens with zero attached hydrogens (tertiary/aromatic N) is 4. The van der Waals surface area contributed by atoms with Crippen LogP contribution < -0.4 is 0 Å². The normalized spacial score (nSPS) is 16.2. The van der Waals surface area contributed by atoms with Crippen molar-refractivity contribution in [3.8, 4) is 6.07 Å². The quantitative estimate of drug-likeness (QED) is 0.702. The van der Waals surface area contributed by atoms with Crippen LogP contribution in [0.25, 0.3) is 5.65 Å². The fraction of sp³-hybridized carbons (Fsp3) is 0.364. The van der Waals surface area contributed by atoms with Gasteiger partial charge < -0.3 is 0 Å². The first-order chi connectivity index (χ1) is 7.40. The van der Waals surface area contributed by atoms with Crippen molar-refractivity contribution in [2.45, 2.75) is 25.2 Å². The number of fused-ring (bicyclic) bond motifs is 1. The summed E-state index contributed by atoms with van der Waals surface area (Å²) in [6, 6.07) is 2.22. The van der Waals surface area contributed by atoms with Crippen molar-refractivity contribution in [1.82, 2.24) is 14.4 Å². The molecule has 0 unspecified atom stereocenters. The average molecular weight is 198 g/mol. The molecule has 0 amide bonds. The summed E-state index contributed by atoms with van der Waals surface area (Å²) in [5, 5.41) is 9.06. The zero-order valence-electron chi connectivity index (χ0n) is 8.22. The van der Waals surface area contributed by atoms with Crippen molar-refractivity contribution in [3.63, 3.8) is 0 Å². The Morgan fingerprint density at radius 3 is 2.93 bits per heavy atom.